The van der Waals surface area contributed by atoms with Crippen molar-refractivity contribution in [3.05, 3.63) is 45.9 Å². The number of rotatable bonds is 3. The molecule has 0 unspecified atom stereocenters. The summed E-state index contributed by atoms with van der Waals surface area (Å²) in [4.78, 5) is 24.3. The van der Waals surface area contributed by atoms with Crippen LogP contribution in [0.15, 0.2) is 30.3 Å². The second-order valence-electron chi connectivity index (χ2n) is 5.99. The Morgan fingerprint density at radius 2 is 1.74 bits per heavy atom. The van der Waals surface area contributed by atoms with Crippen molar-refractivity contribution in [3.8, 4) is 0 Å². The van der Waals surface area contributed by atoms with Crippen LogP contribution in [-0.4, -0.2) is 17.1 Å². The van der Waals surface area contributed by atoms with E-state index in [0.717, 1.165) is 16.2 Å². The van der Waals surface area contributed by atoms with Crippen LogP contribution in [0.2, 0.25) is 0 Å². The molecule has 1 aromatic carbocycles. The summed E-state index contributed by atoms with van der Waals surface area (Å²) in [6, 6.07) is 6.36. The Morgan fingerprint density at radius 1 is 1.13 bits per heavy atom. The van der Waals surface area contributed by atoms with E-state index in [1.54, 1.807) is 6.07 Å². The third-order valence-corrected chi connectivity index (χ3v) is 4.56. The molecule has 0 spiro atoms. The molecule has 23 heavy (non-hydrogen) atoms. The van der Waals surface area contributed by atoms with Gasteiger partial charge in [-0.2, -0.15) is 0 Å². The van der Waals surface area contributed by atoms with Crippen molar-refractivity contribution in [2.24, 2.45) is 0 Å². The molecule has 0 saturated heterocycles. The maximum atomic E-state index is 12.8. The first-order valence-corrected chi connectivity index (χ1v) is 7.69. The first-order valence-electron chi connectivity index (χ1n) is 6.88. The van der Waals surface area contributed by atoms with Crippen molar-refractivity contribution in [1.82, 2.24) is 0 Å². The molecular weight excluding hydrogens is 319 g/mol. The molecule has 5 nitrogen and oxygen atoms in total. The van der Waals surface area contributed by atoms with E-state index < -0.39 is 17.8 Å². The normalized spacial score (nSPS) is 11.1. The zero-order valence-corrected chi connectivity index (χ0v) is 13.8. The van der Waals surface area contributed by atoms with Gasteiger partial charge in [-0.1, -0.05) is 20.8 Å². The minimum atomic E-state index is -1.09. The third-order valence-electron chi connectivity index (χ3n) is 3.02. The highest BCUT2D eigenvalue weighted by atomic mass is 32.1. The molecule has 1 heterocycles. The summed E-state index contributed by atoms with van der Waals surface area (Å²) >= 11 is 1.13. The molecule has 122 valence electrons. The van der Waals surface area contributed by atoms with Crippen LogP contribution in [0.4, 0.5) is 20.6 Å². The molecule has 0 aliphatic carbocycles. The fraction of sp³-hybridized carbons (Fsp3) is 0.250. The first kappa shape index (κ1) is 17.0. The van der Waals surface area contributed by atoms with Crippen LogP contribution in [0.1, 0.15) is 35.3 Å². The van der Waals surface area contributed by atoms with E-state index in [1.807, 2.05) is 20.8 Å². The number of hydrogen-bond acceptors (Lipinski definition) is 3. The topological polar surface area (TPSA) is 78.4 Å². The van der Waals surface area contributed by atoms with Crippen molar-refractivity contribution in [1.29, 1.82) is 0 Å². The van der Waals surface area contributed by atoms with Gasteiger partial charge < -0.3 is 15.7 Å². The maximum Gasteiger partial charge on any atom is 0.348 e. The van der Waals surface area contributed by atoms with Gasteiger partial charge in [0.15, 0.2) is 0 Å². The summed E-state index contributed by atoms with van der Waals surface area (Å²) in [6.07, 6.45) is 0. The van der Waals surface area contributed by atoms with E-state index in [4.69, 9.17) is 0 Å². The average molecular weight is 336 g/mol. The highest BCUT2D eigenvalue weighted by Gasteiger charge is 2.23. The average Bonchev–Trinajstić information content (AvgIpc) is 2.85. The number of carbonyl (C=O) groups is 2. The fourth-order valence-electron chi connectivity index (χ4n) is 1.83. The lowest BCUT2D eigenvalue weighted by molar-refractivity contribution is 0.0703. The Hall–Kier alpha value is -2.41. The van der Waals surface area contributed by atoms with Gasteiger partial charge in [-0.15, -0.1) is 11.3 Å². The summed E-state index contributed by atoms with van der Waals surface area (Å²) in [5, 5.41) is 14.3. The standard InChI is InChI=1S/C16H17FN2O3S/c1-16(2,3)12-8-11(13(23-12)14(20)21)19-15(22)18-10-6-4-9(17)5-7-10/h4-8H,1-3H3,(H,20,21)(H2,18,19,22). The number of amides is 2. The number of carboxylic acid groups (broad SMARTS) is 1. The van der Waals surface area contributed by atoms with Gasteiger partial charge in [0, 0.05) is 10.6 Å². The molecule has 0 aliphatic heterocycles. The van der Waals surface area contributed by atoms with Gasteiger partial charge in [-0.05, 0) is 35.7 Å². The van der Waals surface area contributed by atoms with E-state index in [0.29, 0.717) is 5.69 Å². The van der Waals surface area contributed by atoms with E-state index in [1.165, 1.54) is 24.3 Å². The van der Waals surface area contributed by atoms with Gasteiger partial charge in [-0.3, -0.25) is 0 Å². The van der Waals surface area contributed by atoms with Gasteiger partial charge in [-0.25, -0.2) is 14.0 Å². The lowest BCUT2D eigenvalue weighted by atomic mass is 9.94. The predicted octanol–water partition coefficient (Wildman–Crippen LogP) is 4.53. The third kappa shape index (κ3) is 4.29. The summed E-state index contributed by atoms with van der Waals surface area (Å²) in [5.74, 6) is -1.50. The minimum absolute atomic E-state index is 0.0733. The van der Waals surface area contributed by atoms with Crippen molar-refractivity contribution in [2.45, 2.75) is 26.2 Å². The Kier molecular flexibility index (Phi) is 4.70. The molecule has 0 radical (unpaired) electrons. The molecule has 0 saturated carbocycles. The van der Waals surface area contributed by atoms with Crippen molar-refractivity contribution < 1.29 is 19.1 Å². The maximum absolute atomic E-state index is 12.8. The molecule has 0 atom stereocenters. The number of urea groups is 1. The summed E-state index contributed by atoms with van der Waals surface area (Å²) in [7, 11) is 0. The molecule has 1 aromatic heterocycles. The Balaban J connectivity index is 2.18. The van der Waals surface area contributed by atoms with E-state index in [-0.39, 0.29) is 16.0 Å². The number of halogens is 1. The van der Waals surface area contributed by atoms with Crippen molar-refractivity contribution in [2.75, 3.05) is 10.6 Å². The number of nitrogens with one attached hydrogen (secondary N) is 2. The number of thiophene rings is 1. The second-order valence-corrected chi connectivity index (χ2v) is 7.05. The second kappa shape index (κ2) is 6.37. The van der Waals surface area contributed by atoms with Gasteiger partial charge in [0.2, 0.25) is 0 Å². The van der Waals surface area contributed by atoms with Crippen LogP contribution in [0, 0.1) is 5.82 Å². The van der Waals surface area contributed by atoms with Gasteiger partial charge in [0.25, 0.3) is 0 Å². The Labute approximate surface area is 137 Å². The highest BCUT2D eigenvalue weighted by Crippen LogP contribution is 2.35. The monoisotopic (exact) mass is 336 g/mol. The number of benzene rings is 1. The van der Waals surface area contributed by atoms with Crippen LogP contribution >= 0.6 is 11.3 Å². The van der Waals surface area contributed by atoms with Gasteiger partial charge >= 0.3 is 12.0 Å². The Morgan fingerprint density at radius 3 is 2.26 bits per heavy atom. The molecule has 0 bridgehead atoms. The predicted molar refractivity (Wildman–Crippen MR) is 89.0 cm³/mol. The van der Waals surface area contributed by atoms with Crippen LogP contribution in [0.25, 0.3) is 0 Å². The molecule has 0 fully saturated rings. The lowest BCUT2D eigenvalue weighted by Gasteiger charge is -2.15. The quantitative estimate of drug-likeness (QED) is 0.770. The number of hydrogen-bond donors (Lipinski definition) is 3. The lowest BCUT2D eigenvalue weighted by Crippen LogP contribution is -2.20. The number of anilines is 2. The van der Waals surface area contributed by atoms with Crippen LogP contribution in [0.5, 0.6) is 0 Å². The Bertz CT molecular complexity index is 733. The molecule has 7 heteroatoms. The highest BCUT2D eigenvalue weighted by molar-refractivity contribution is 7.14. The molecule has 3 N–H and O–H groups in total. The zero-order chi connectivity index (χ0) is 17.2. The smallest absolute Gasteiger partial charge is 0.348 e. The number of aromatic carboxylic acids is 1. The summed E-state index contributed by atoms with van der Waals surface area (Å²) in [6.45, 7) is 5.90. The number of carbonyl (C=O) groups excluding carboxylic acids is 1. The van der Waals surface area contributed by atoms with Crippen LogP contribution in [0.3, 0.4) is 0 Å². The van der Waals surface area contributed by atoms with Gasteiger partial charge in [0.05, 0.1) is 5.69 Å². The summed E-state index contributed by atoms with van der Waals surface area (Å²) < 4.78 is 12.8. The van der Waals surface area contributed by atoms with E-state index >= 15 is 0 Å². The number of carboxylic acids is 1. The van der Waals surface area contributed by atoms with Gasteiger partial charge in [0.1, 0.15) is 10.7 Å². The minimum Gasteiger partial charge on any atom is -0.477 e. The molecule has 2 aromatic rings. The molecule has 2 amide bonds. The van der Waals surface area contributed by atoms with E-state index in [2.05, 4.69) is 10.6 Å². The van der Waals surface area contributed by atoms with Crippen molar-refractivity contribution in [3.63, 3.8) is 0 Å². The van der Waals surface area contributed by atoms with E-state index in [9.17, 15) is 19.1 Å². The molecular formula is C16H17FN2O3S. The zero-order valence-electron chi connectivity index (χ0n) is 12.9. The SMILES string of the molecule is CC(C)(C)c1cc(NC(=O)Nc2ccc(F)cc2)c(C(=O)O)s1. The fourth-order valence-corrected chi connectivity index (χ4v) is 2.84. The summed E-state index contributed by atoms with van der Waals surface area (Å²) in [5.41, 5.74) is 0.432. The van der Waals surface area contributed by atoms with Crippen molar-refractivity contribution >= 4 is 34.7 Å². The molecule has 0 aliphatic rings. The van der Waals surface area contributed by atoms with Crippen LogP contribution < -0.4 is 10.6 Å². The van der Waals surface area contributed by atoms with Crippen LogP contribution in [-0.2, 0) is 5.41 Å². The molecule has 2 rings (SSSR count). The first-order chi connectivity index (χ1) is 10.7. The largest absolute Gasteiger partial charge is 0.477 e.